The first-order valence-electron chi connectivity index (χ1n) is 7.77. The van der Waals surface area contributed by atoms with Gasteiger partial charge in [0.2, 0.25) is 6.20 Å². The summed E-state index contributed by atoms with van der Waals surface area (Å²) in [5.74, 6) is -0.255. The van der Waals surface area contributed by atoms with Gasteiger partial charge in [0.05, 0.1) is 11.6 Å². The van der Waals surface area contributed by atoms with Crippen molar-refractivity contribution in [2.75, 3.05) is 0 Å². The Morgan fingerprint density at radius 1 is 1.12 bits per heavy atom. The van der Waals surface area contributed by atoms with Crippen LogP contribution in [0.1, 0.15) is 33.9 Å². The fourth-order valence-corrected chi connectivity index (χ4v) is 3.64. The van der Waals surface area contributed by atoms with E-state index in [1.807, 2.05) is 24.3 Å². The molecule has 24 heavy (non-hydrogen) atoms. The standard InChI is InChI=1S/C19H15ClN2O2/c20-14-5-6-15-13(10-14)4-3-12-2-1-8-21-19(12)18(15)16-7-9-22(24)11-17(16)23/h1-2,5-11,18,23H,3-4H2/t18-/m1/s1. The molecule has 120 valence electrons. The van der Waals surface area contributed by atoms with Gasteiger partial charge < -0.3 is 10.3 Å². The second-order valence-electron chi connectivity index (χ2n) is 5.97. The highest BCUT2D eigenvalue weighted by Crippen LogP contribution is 2.41. The van der Waals surface area contributed by atoms with Gasteiger partial charge in [0, 0.05) is 22.8 Å². The molecule has 4 nitrogen and oxygen atoms in total. The highest BCUT2D eigenvalue weighted by Gasteiger charge is 2.29. The van der Waals surface area contributed by atoms with Crippen LogP contribution in [0.3, 0.4) is 0 Å². The van der Waals surface area contributed by atoms with Gasteiger partial charge in [0.15, 0.2) is 11.9 Å². The molecule has 0 radical (unpaired) electrons. The van der Waals surface area contributed by atoms with E-state index in [0.717, 1.165) is 35.2 Å². The Balaban J connectivity index is 2.00. The summed E-state index contributed by atoms with van der Waals surface area (Å²) in [7, 11) is 0. The molecule has 5 heteroatoms. The van der Waals surface area contributed by atoms with Gasteiger partial charge >= 0.3 is 0 Å². The summed E-state index contributed by atoms with van der Waals surface area (Å²) in [6.07, 6.45) is 6.07. The predicted octanol–water partition coefficient (Wildman–Crippen LogP) is 3.35. The highest BCUT2D eigenvalue weighted by atomic mass is 35.5. The first kappa shape index (κ1) is 15.0. The number of aromatic hydroxyl groups is 1. The maximum absolute atomic E-state index is 11.5. The Morgan fingerprint density at radius 2 is 1.96 bits per heavy atom. The zero-order valence-electron chi connectivity index (χ0n) is 12.8. The molecule has 0 spiro atoms. The number of hydrogen-bond acceptors (Lipinski definition) is 3. The first-order valence-corrected chi connectivity index (χ1v) is 8.15. The SMILES string of the molecule is [O-][n+]1ccc([C@H]2c3ccc(Cl)cc3CCc3cccnc32)c(O)c1. The molecular weight excluding hydrogens is 324 g/mol. The lowest BCUT2D eigenvalue weighted by Crippen LogP contribution is -2.24. The molecule has 0 aliphatic heterocycles. The molecule has 2 heterocycles. The molecule has 2 aromatic heterocycles. The van der Waals surface area contributed by atoms with Crippen molar-refractivity contribution in [3.05, 3.63) is 93.2 Å². The average Bonchev–Trinajstić information content (AvgIpc) is 2.72. The van der Waals surface area contributed by atoms with Gasteiger partial charge in [-0.3, -0.25) is 4.98 Å². The van der Waals surface area contributed by atoms with Gasteiger partial charge in [-0.1, -0.05) is 23.7 Å². The molecule has 0 bridgehead atoms. The number of nitrogens with zero attached hydrogens (tertiary/aromatic N) is 2. The zero-order valence-corrected chi connectivity index (χ0v) is 13.6. The van der Waals surface area contributed by atoms with Crippen LogP contribution in [-0.4, -0.2) is 10.1 Å². The second kappa shape index (κ2) is 5.80. The molecule has 3 aromatic rings. The van der Waals surface area contributed by atoms with E-state index in [4.69, 9.17) is 11.6 Å². The van der Waals surface area contributed by atoms with Crippen LogP contribution in [0.4, 0.5) is 0 Å². The van der Waals surface area contributed by atoms with Crippen molar-refractivity contribution >= 4 is 11.6 Å². The van der Waals surface area contributed by atoms with Crippen LogP contribution in [0.5, 0.6) is 5.75 Å². The number of pyridine rings is 2. The lowest BCUT2D eigenvalue weighted by molar-refractivity contribution is -0.605. The minimum Gasteiger partial charge on any atom is -0.619 e. The second-order valence-corrected chi connectivity index (χ2v) is 6.41. The van der Waals surface area contributed by atoms with E-state index in [0.29, 0.717) is 15.3 Å². The molecule has 0 saturated heterocycles. The van der Waals surface area contributed by atoms with E-state index in [2.05, 4.69) is 11.1 Å². The van der Waals surface area contributed by atoms with Crippen molar-refractivity contribution < 1.29 is 9.84 Å². The predicted molar refractivity (Wildman–Crippen MR) is 91.1 cm³/mol. The minimum atomic E-state index is -0.225. The van der Waals surface area contributed by atoms with Crippen LogP contribution in [-0.2, 0) is 12.8 Å². The van der Waals surface area contributed by atoms with Crippen molar-refractivity contribution in [1.82, 2.24) is 4.98 Å². The van der Waals surface area contributed by atoms with Crippen molar-refractivity contribution in [2.45, 2.75) is 18.8 Å². The summed E-state index contributed by atoms with van der Waals surface area (Å²) in [5, 5.41) is 22.5. The van der Waals surface area contributed by atoms with E-state index in [1.165, 1.54) is 12.4 Å². The first-order chi connectivity index (χ1) is 11.6. The van der Waals surface area contributed by atoms with Crippen LogP contribution in [0.15, 0.2) is 55.0 Å². The number of benzene rings is 1. The molecule has 1 aliphatic rings. The van der Waals surface area contributed by atoms with Gasteiger partial charge in [-0.05, 0) is 47.7 Å². The molecule has 4 rings (SSSR count). The topological polar surface area (TPSA) is 60.1 Å². The molecule has 1 atom stereocenters. The van der Waals surface area contributed by atoms with Crippen molar-refractivity contribution in [1.29, 1.82) is 0 Å². The summed E-state index contributed by atoms with van der Waals surface area (Å²) >= 11 is 6.18. The van der Waals surface area contributed by atoms with Crippen LogP contribution < -0.4 is 4.73 Å². The molecule has 0 unspecified atom stereocenters. The third kappa shape index (κ3) is 2.49. The van der Waals surface area contributed by atoms with E-state index in [-0.39, 0.29) is 11.7 Å². The van der Waals surface area contributed by atoms with E-state index in [1.54, 1.807) is 12.3 Å². The maximum atomic E-state index is 11.5. The molecule has 1 aliphatic carbocycles. The molecular formula is C19H15ClN2O2. The Labute approximate surface area is 144 Å². The van der Waals surface area contributed by atoms with Gasteiger partial charge in [0.25, 0.3) is 0 Å². The van der Waals surface area contributed by atoms with Crippen molar-refractivity contribution in [3.8, 4) is 5.75 Å². The Morgan fingerprint density at radius 3 is 2.79 bits per heavy atom. The highest BCUT2D eigenvalue weighted by molar-refractivity contribution is 6.30. The van der Waals surface area contributed by atoms with E-state index in [9.17, 15) is 10.3 Å². The van der Waals surface area contributed by atoms with Crippen molar-refractivity contribution in [2.24, 2.45) is 0 Å². The molecule has 1 aromatic carbocycles. The monoisotopic (exact) mass is 338 g/mol. The Bertz CT molecular complexity index is 927. The largest absolute Gasteiger partial charge is 0.619 e. The summed E-state index contributed by atoms with van der Waals surface area (Å²) in [6.45, 7) is 0. The zero-order chi connectivity index (χ0) is 16.7. The van der Waals surface area contributed by atoms with Gasteiger partial charge in [0.1, 0.15) is 0 Å². The van der Waals surface area contributed by atoms with Crippen LogP contribution >= 0.6 is 11.6 Å². The smallest absolute Gasteiger partial charge is 0.222 e. The van der Waals surface area contributed by atoms with E-state index >= 15 is 0 Å². The summed E-state index contributed by atoms with van der Waals surface area (Å²) in [6, 6.07) is 11.5. The third-order valence-electron chi connectivity index (χ3n) is 4.54. The summed E-state index contributed by atoms with van der Waals surface area (Å²) in [5.41, 5.74) is 4.94. The third-order valence-corrected chi connectivity index (χ3v) is 4.77. The molecule has 0 saturated carbocycles. The number of aromatic nitrogens is 2. The van der Waals surface area contributed by atoms with Gasteiger partial charge in [-0.2, -0.15) is 4.73 Å². The van der Waals surface area contributed by atoms with Crippen LogP contribution in [0.2, 0.25) is 5.02 Å². The molecule has 1 N–H and O–H groups in total. The summed E-state index contributed by atoms with van der Waals surface area (Å²) in [4.78, 5) is 4.59. The lowest BCUT2D eigenvalue weighted by Gasteiger charge is -2.20. The number of halogens is 1. The number of aryl methyl sites for hydroxylation is 2. The van der Waals surface area contributed by atoms with Gasteiger partial charge in [-0.25, -0.2) is 0 Å². The fourth-order valence-electron chi connectivity index (χ4n) is 3.45. The molecule has 0 amide bonds. The lowest BCUT2D eigenvalue weighted by atomic mass is 9.85. The Hall–Kier alpha value is -2.59. The number of hydrogen-bond donors (Lipinski definition) is 1. The quantitative estimate of drug-likeness (QED) is 0.546. The van der Waals surface area contributed by atoms with Crippen LogP contribution in [0, 0.1) is 5.21 Å². The fraction of sp³-hybridized carbons (Fsp3) is 0.158. The number of rotatable bonds is 1. The maximum Gasteiger partial charge on any atom is 0.222 e. The Kier molecular flexibility index (Phi) is 3.62. The van der Waals surface area contributed by atoms with Crippen molar-refractivity contribution in [3.63, 3.8) is 0 Å². The van der Waals surface area contributed by atoms with Gasteiger partial charge in [-0.15, -0.1) is 0 Å². The normalized spacial score (nSPS) is 16.1. The molecule has 0 fully saturated rings. The number of fused-ring (bicyclic) bond motifs is 2. The summed E-state index contributed by atoms with van der Waals surface area (Å²) < 4.78 is 0.595. The van der Waals surface area contributed by atoms with E-state index < -0.39 is 0 Å². The van der Waals surface area contributed by atoms with Crippen LogP contribution in [0.25, 0.3) is 0 Å². The minimum absolute atomic E-state index is 0.0306. The average molecular weight is 339 g/mol.